The summed E-state index contributed by atoms with van der Waals surface area (Å²) in [6.07, 6.45) is 13.8. The van der Waals surface area contributed by atoms with Gasteiger partial charge < -0.3 is 10.2 Å². The molecule has 2 saturated carbocycles. The summed E-state index contributed by atoms with van der Waals surface area (Å²) in [5.41, 5.74) is 6.34. The molecule has 172 valence electrons. The summed E-state index contributed by atoms with van der Waals surface area (Å²) in [6.45, 7) is 6.70. The average molecular weight is 429 g/mol. The van der Waals surface area contributed by atoms with Crippen LogP contribution in [0, 0.1) is 31.6 Å². The van der Waals surface area contributed by atoms with Crippen LogP contribution in [-0.2, 0) is 22.4 Å². The second kappa shape index (κ2) is 9.75. The molecule has 0 heterocycles. The molecule has 0 saturated heterocycles. The molecule has 0 bridgehead atoms. The van der Waals surface area contributed by atoms with Crippen LogP contribution in [0.25, 0.3) is 0 Å². The van der Waals surface area contributed by atoms with Crippen molar-refractivity contribution in [2.75, 3.05) is 0 Å². The Labute approximate surface area is 187 Å². The predicted octanol–water partition coefficient (Wildman–Crippen LogP) is 6.55. The van der Waals surface area contributed by atoms with Gasteiger partial charge in [0, 0.05) is 0 Å². The molecule has 0 radical (unpaired) electrons. The molecule has 0 amide bonds. The molecular formula is C27H40O4. The van der Waals surface area contributed by atoms with E-state index in [4.69, 9.17) is 0 Å². The molecule has 0 spiro atoms. The highest BCUT2D eigenvalue weighted by Crippen LogP contribution is 2.50. The van der Waals surface area contributed by atoms with E-state index in [9.17, 15) is 19.8 Å². The molecule has 3 rings (SSSR count). The molecule has 0 unspecified atom stereocenters. The van der Waals surface area contributed by atoms with Crippen LogP contribution < -0.4 is 0 Å². The van der Waals surface area contributed by atoms with Crippen LogP contribution >= 0.6 is 0 Å². The first-order valence-electron chi connectivity index (χ1n) is 12.3. The molecule has 2 fully saturated rings. The Bertz CT molecular complexity index is 815. The van der Waals surface area contributed by atoms with E-state index in [1.54, 1.807) is 0 Å². The quantitative estimate of drug-likeness (QED) is 0.330. The number of aryl methyl sites for hydroxylation is 2. The molecular weight excluding hydrogens is 388 g/mol. The van der Waals surface area contributed by atoms with E-state index in [-0.39, 0.29) is 5.41 Å². The molecule has 0 aliphatic heterocycles. The van der Waals surface area contributed by atoms with Gasteiger partial charge in [-0.2, -0.15) is 0 Å². The molecule has 1 aromatic carbocycles. The number of hydrogen-bond acceptors (Lipinski definition) is 2. The lowest BCUT2D eigenvalue weighted by Gasteiger charge is -2.17. The van der Waals surface area contributed by atoms with Crippen molar-refractivity contribution in [1.82, 2.24) is 0 Å². The lowest BCUT2D eigenvalue weighted by Crippen LogP contribution is -2.14. The number of aliphatic carboxylic acids is 2. The standard InChI is InChI=1S/C27H40O4/c1-19-18-22(10-7-9-13-27(16-17-27)25(30)31)20(2)21(3)23(19)11-6-4-5-8-12-26(14-15-26)24(28)29/h18H,4-17H2,1-3H3,(H,28,29)(H,30,31). The highest BCUT2D eigenvalue weighted by atomic mass is 16.4. The van der Waals surface area contributed by atoms with Crippen LogP contribution in [0.4, 0.5) is 0 Å². The summed E-state index contributed by atoms with van der Waals surface area (Å²) in [7, 11) is 0. The summed E-state index contributed by atoms with van der Waals surface area (Å²) in [4.78, 5) is 22.6. The highest BCUT2D eigenvalue weighted by Gasteiger charge is 2.49. The molecule has 1 aromatic rings. The van der Waals surface area contributed by atoms with E-state index < -0.39 is 17.4 Å². The van der Waals surface area contributed by atoms with Gasteiger partial charge in [0.15, 0.2) is 0 Å². The zero-order valence-electron chi connectivity index (χ0n) is 19.7. The van der Waals surface area contributed by atoms with Gasteiger partial charge >= 0.3 is 11.9 Å². The summed E-state index contributed by atoms with van der Waals surface area (Å²) in [5, 5.41) is 18.6. The SMILES string of the molecule is Cc1cc(CCCCC2(C(=O)O)CC2)c(C)c(C)c1CCCCCCC1(C(=O)O)CC1. The smallest absolute Gasteiger partial charge is 0.309 e. The van der Waals surface area contributed by atoms with E-state index in [1.165, 1.54) is 34.2 Å². The first-order chi connectivity index (χ1) is 14.7. The van der Waals surface area contributed by atoms with Crippen LogP contribution in [0.5, 0.6) is 0 Å². The van der Waals surface area contributed by atoms with E-state index in [0.717, 1.165) is 83.5 Å². The molecule has 2 N–H and O–H groups in total. The normalized spacial score (nSPS) is 18.0. The number of carboxylic acids is 2. The van der Waals surface area contributed by atoms with Crippen molar-refractivity contribution in [1.29, 1.82) is 0 Å². The van der Waals surface area contributed by atoms with Crippen molar-refractivity contribution in [2.24, 2.45) is 10.8 Å². The van der Waals surface area contributed by atoms with E-state index in [0.29, 0.717) is 0 Å². The van der Waals surface area contributed by atoms with Gasteiger partial charge in [0.25, 0.3) is 0 Å². The second-order valence-electron chi connectivity index (χ2n) is 10.4. The fraction of sp³-hybridized carbons (Fsp3) is 0.704. The van der Waals surface area contributed by atoms with Crippen LogP contribution in [0.3, 0.4) is 0 Å². The number of hydrogen-bond donors (Lipinski definition) is 2. The van der Waals surface area contributed by atoms with Crippen molar-refractivity contribution in [3.05, 3.63) is 33.9 Å². The Morgan fingerprint density at radius 1 is 0.742 bits per heavy atom. The zero-order valence-corrected chi connectivity index (χ0v) is 19.7. The Morgan fingerprint density at radius 2 is 1.23 bits per heavy atom. The average Bonchev–Trinajstić information content (AvgIpc) is 3.63. The minimum absolute atomic E-state index is 0.368. The first kappa shape index (κ1) is 23.8. The maximum absolute atomic E-state index is 11.3. The lowest BCUT2D eigenvalue weighted by atomic mass is 9.88. The number of carboxylic acid groups (broad SMARTS) is 2. The third-order valence-corrected chi connectivity index (χ3v) is 8.16. The van der Waals surface area contributed by atoms with Crippen molar-refractivity contribution >= 4 is 11.9 Å². The molecule has 2 aliphatic rings. The Morgan fingerprint density at radius 3 is 1.74 bits per heavy atom. The monoisotopic (exact) mass is 428 g/mol. The minimum atomic E-state index is -0.603. The number of unbranched alkanes of at least 4 members (excludes halogenated alkanes) is 4. The van der Waals surface area contributed by atoms with Crippen molar-refractivity contribution in [3.63, 3.8) is 0 Å². The van der Waals surface area contributed by atoms with Crippen LogP contribution in [-0.4, -0.2) is 22.2 Å². The summed E-state index contributed by atoms with van der Waals surface area (Å²) >= 11 is 0. The first-order valence-corrected chi connectivity index (χ1v) is 12.3. The largest absolute Gasteiger partial charge is 0.481 e. The van der Waals surface area contributed by atoms with Crippen molar-refractivity contribution < 1.29 is 19.8 Å². The van der Waals surface area contributed by atoms with Gasteiger partial charge in [-0.1, -0.05) is 31.7 Å². The molecule has 31 heavy (non-hydrogen) atoms. The summed E-state index contributed by atoms with van der Waals surface area (Å²) in [6, 6.07) is 2.35. The van der Waals surface area contributed by atoms with Gasteiger partial charge in [-0.15, -0.1) is 0 Å². The third-order valence-electron chi connectivity index (χ3n) is 8.16. The van der Waals surface area contributed by atoms with E-state index in [1.807, 2.05) is 0 Å². The molecule has 2 aliphatic carbocycles. The topological polar surface area (TPSA) is 74.6 Å². The third kappa shape index (κ3) is 5.70. The van der Waals surface area contributed by atoms with Gasteiger partial charge in [0.05, 0.1) is 10.8 Å². The lowest BCUT2D eigenvalue weighted by molar-refractivity contribution is -0.144. The fourth-order valence-corrected chi connectivity index (χ4v) is 5.20. The van der Waals surface area contributed by atoms with Gasteiger partial charge in [-0.05, 0) is 113 Å². The van der Waals surface area contributed by atoms with Crippen LogP contribution in [0.15, 0.2) is 6.07 Å². The zero-order chi connectivity index (χ0) is 22.6. The fourth-order valence-electron chi connectivity index (χ4n) is 5.20. The Balaban J connectivity index is 1.41. The maximum atomic E-state index is 11.3. The Hall–Kier alpha value is -1.84. The highest BCUT2D eigenvalue weighted by molar-refractivity contribution is 5.78. The van der Waals surface area contributed by atoms with Gasteiger partial charge in [-0.25, -0.2) is 0 Å². The van der Waals surface area contributed by atoms with Crippen molar-refractivity contribution in [2.45, 2.75) is 111 Å². The number of benzene rings is 1. The predicted molar refractivity (Wildman–Crippen MR) is 124 cm³/mol. The van der Waals surface area contributed by atoms with Crippen molar-refractivity contribution in [3.8, 4) is 0 Å². The van der Waals surface area contributed by atoms with E-state index >= 15 is 0 Å². The van der Waals surface area contributed by atoms with Crippen LogP contribution in [0.2, 0.25) is 0 Å². The molecule has 4 heteroatoms. The summed E-state index contributed by atoms with van der Waals surface area (Å²) in [5.74, 6) is -1.20. The molecule has 0 aromatic heterocycles. The molecule has 4 nitrogen and oxygen atoms in total. The number of carbonyl (C=O) groups is 2. The van der Waals surface area contributed by atoms with Gasteiger partial charge in [0.2, 0.25) is 0 Å². The van der Waals surface area contributed by atoms with Gasteiger partial charge in [0.1, 0.15) is 0 Å². The number of rotatable bonds is 14. The maximum Gasteiger partial charge on any atom is 0.309 e. The Kier molecular flexibility index (Phi) is 7.49. The van der Waals surface area contributed by atoms with E-state index in [2.05, 4.69) is 26.8 Å². The van der Waals surface area contributed by atoms with Crippen LogP contribution in [0.1, 0.15) is 105 Å². The molecule has 0 atom stereocenters. The van der Waals surface area contributed by atoms with Gasteiger partial charge in [-0.3, -0.25) is 9.59 Å². The second-order valence-corrected chi connectivity index (χ2v) is 10.4. The summed E-state index contributed by atoms with van der Waals surface area (Å²) < 4.78 is 0. The minimum Gasteiger partial charge on any atom is -0.481 e.